The first-order chi connectivity index (χ1) is 14.2. The lowest BCUT2D eigenvalue weighted by atomic mass is 9.90. The molecule has 0 N–H and O–H groups in total. The molecular formula is C22H19ClN4O3. The van der Waals surface area contributed by atoms with E-state index >= 15 is 0 Å². The van der Waals surface area contributed by atoms with Gasteiger partial charge in [0, 0.05) is 36.7 Å². The van der Waals surface area contributed by atoms with E-state index in [1.54, 1.807) is 62.5 Å². The van der Waals surface area contributed by atoms with Gasteiger partial charge in [-0.2, -0.15) is 0 Å². The minimum Gasteiger partial charge on any atom is -0.297 e. The third kappa shape index (κ3) is 3.11. The van der Waals surface area contributed by atoms with Gasteiger partial charge >= 0.3 is 6.03 Å². The zero-order valence-electron chi connectivity index (χ0n) is 16.7. The summed E-state index contributed by atoms with van der Waals surface area (Å²) in [7, 11) is 3.04. The number of hydrogen-bond donors (Lipinski definition) is 0. The van der Waals surface area contributed by atoms with Gasteiger partial charge in [0.2, 0.25) is 0 Å². The Kier molecular flexibility index (Phi) is 4.78. The molecule has 1 unspecified atom stereocenters. The van der Waals surface area contributed by atoms with Crippen LogP contribution in [0.1, 0.15) is 28.4 Å². The normalized spacial score (nSPS) is 20.8. The number of ketones is 1. The van der Waals surface area contributed by atoms with E-state index < -0.39 is 17.6 Å². The Hall–Kier alpha value is -3.32. The molecule has 8 heteroatoms. The van der Waals surface area contributed by atoms with Crippen molar-refractivity contribution in [3.8, 4) is 0 Å². The highest BCUT2D eigenvalue weighted by molar-refractivity contribution is 6.48. The Balaban J connectivity index is 1.63. The number of amidine groups is 1. The van der Waals surface area contributed by atoms with Crippen LogP contribution in [0.3, 0.4) is 0 Å². The largest absolute Gasteiger partial charge is 0.328 e. The van der Waals surface area contributed by atoms with Crippen LogP contribution in [0.15, 0.2) is 58.5 Å². The predicted molar refractivity (Wildman–Crippen MR) is 114 cm³/mol. The van der Waals surface area contributed by atoms with E-state index in [0.717, 1.165) is 10.5 Å². The summed E-state index contributed by atoms with van der Waals surface area (Å²) in [6, 6.07) is 13.3. The molecule has 152 valence electrons. The Bertz CT molecular complexity index is 1120. The Morgan fingerprint density at radius 1 is 1.00 bits per heavy atom. The van der Waals surface area contributed by atoms with Crippen LogP contribution < -0.4 is 0 Å². The molecule has 0 radical (unpaired) electrons. The van der Waals surface area contributed by atoms with Crippen LogP contribution in [-0.4, -0.2) is 58.8 Å². The van der Waals surface area contributed by atoms with Crippen molar-refractivity contribution < 1.29 is 14.4 Å². The Labute approximate surface area is 178 Å². The summed E-state index contributed by atoms with van der Waals surface area (Å²) in [5.41, 5.74) is 0.952. The molecule has 2 aliphatic rings. The standard InChI is InChI=1S/C22H19ClN4O3/c1-13-24-19-20(29)26(2)21(30)27(3)22(19,25-13)12-14-4-6-15(7-5-14)18(28)16-8-10-17(23)11-9-16/h4-11H,12H2,1-3H3. The number of benzene rings is 2. The number of urea groups is 1. The fraction of sp³-hybridized carbons (Fsp3) is 0.227. The van der Waals surface area contributed by atoms with Crippen LogP contribution in [0.2, 0.25) is 5.02 Å². The molecule has 0 aliphatic carbocycles. The highest BCUT2D eigenvalue weighted by Crippen LogP contribution is 2.33. The molecule has 30 heavy (non-hydrogen) atoms. The van der Waals surface area contributed by atoms with Crippen LogP contribution in [0, 0.1) is 0 Å². The number of imide groups is 1. The second-order valence-corrected chi connectivity index (χ2v) is 7.79. The van der Waals surface area contributed by atoms with Crippen molar-refractivity contribution in [2.45, 2.75) is 19.0 Å². The number of amides is 3. The molecule has 2 heterocycles. The highest BCUT2D eigenvalue weighted by atomic mass is 35.5. The molecule has 2 aliphatic heterocycles. The van der Waals surface area contributed by atoms with Gasteiger partial charge in [0.15, 0.2) is 17.2 Å². The summed E-state index contributed by atoms with van der Waals surface area (Å²) in [6.45, 7) is 1.70. The molecule has 4 rings (SSSR count). The van der Waals surface area contributed by atoms with E-state index in [2.05, 4.69) is 9.98 Å². The highest BCUT2D eigenvalue weighted by Gasteiger charge is 2.54. The molecule has 0 saturated carbocycles. The van der Waals surface area contributed by atoms with Crippen molar-refractivity contribution in [1.29, 1.82) is 0 Å². The number of fused-ring (bicyclic) bond motifs is 1. The first-order valence-electron chi connectivity index (χ1n) is 9.33. The molecule has 0 bridgehead atoms. The van der Waals surface area contributed by atoms with Crippen LogP contribution in [0.25, 0.3) is 0 Å². The van der Waals surface area contributed by atoms with E-state index in [1.165, 1.54) is 11.9 Å². The van der Waals surface area contributed by atoms with Crippen molar-refractivity contribution in [1.82, 2.24) is 9.80 Å². The second-order valence-electron chi connectivity index (χ2n) is 7.35. The SMILES string of the molecule is CC1=NC2(Cc3ccc(C(=O)c4ccc(Cl)cc4)cc3)C(=N1)C(=O)N(C)C(=O)N2C. The number of halogens is 1. The molecule has 3 amide bonds. The van der Waals surface area contributed by atoms with Crippen molar-refractivity contribution in [2.24, 2.45) is 9.98 Å². The average Bonchev–Trinajstić information content (AvgIpc) is 3.08. The average molecular weight is 423 g/mol. The number of nitrogens with zero attached hydrogens (tertiary/aromatic N) is 4. The monoisotopic (exact) mass is 422 g/mol. The molecule has 0 spiro atoms. The fourth-order valence-corrected chi connectivity index (χ4v) is 3.87. The molecule has 7 nitrogen and oxygen atoms in total. The fourth-order valence-electron chi connectivity index (χ4n) is 3.75. The van der Waals surface area contributed by atoms with Gasteiger partial charge in [-0.25, -0.2) is 14.8 Å². The Morgan fingerprint density at radius 3 is 2.17 bits per heavy atom. The topological polar surface area (TPSA) is 82.4 Å². The first kappa shape index (κ1) is 20.0. The van der Waals surface area contributed by atoms with E-state index in [4.69, 9.17) is 11.6 Å². The Morgan fingerprint density at radius 2 is 1.57 bits per heavy atom. The van der Waals surface area contributed by atoms with Gasteiger partial charge in [-0.15, -0.1) is 0 Å². The van der Waals surface area contributed by atoms with Gasteiger partial charge in [0.05, 0.1) is 0 Å². The molecule has 1 fully saturated rings. The summed E-state index contributed by atoms with van der Waals surface area (Å²) in [4.78, 5) is 49.2. The third-order valence-corrected chi connectivity index (χ3v) is 5.66. The van der Waals surface area contributed by atoms with Gasteiger partial charge in [-0.3, -0.25) is 19.4 Å². The van der Waals surface area contributed by atoms with Crippen LogP contribution >= 0.6 is 11.6 Å². The van der Waals surface area contributed by atoms with Gasteiger partial charge in [-0.05, 0) is 36.8 Å². The molecule has 2 aromatic rings. The van der Waals surface area contributed by atoms with Crippen LogP contribution in [0.5, 0.6) is 0 Å². The molecular weight excluding hydrogens is 404 g/mol. The molecule has 1 atom stereocenters. The minimum atomic E-state index is -1.17. The lowest BCUT2D eigenvalue weighted by molar-refractivity contribution is -0.122. The maximum atomic E-state index is 12.7. The maximum absolute atomic E-state index is 12.7. The lowest BCUT2D eigenvalue weighted by Gasteiger charge is -2.42. The zero-order chi connectivity index (χ0) is 21.6. The summed E-state index contributed by atoms with van der Waals surface area (Å²) in [5.74, 6) is -0.119. The number of carbonyl (C=O) groups excluding carboxylic acids is 3. The minimum absolute atomic E-state index is 0.116. The van der Waals surface area contributed by atoms with Gasteiger partial charge in [0.1, 0.15) is 5.84 Å². The number of rotatable bonds is 4. The summed E-state index contributed by atoms with van der Waals surface area (Å²) >= 11 is 5.88. The number of carbonyl (C=O) groups is 3. The van der Waals surface area contributed by atoms with Crippen molar-refractivity contribution in [3.05, 3.63) is 70.2 Å². The van der Waals surface area contributed by atoms with Gasteiger partial charge in [0.25, 0.3) is 5.91 Å². The van der Waals surface area contributed by atoms with Crippen molar-refractivity contribution >= 4 is 40.9 Å². The number of aliphatic imine (C=N–C) groups is 2. The number of likely N-dealkylation sites (N-methyl/N-ethyl adjacent to an activating group) is 1. The predicted octanol–water partition coefficient (Wildman–Crippen LogP) is 3.21. The van der Waals surface area contributed by atoms with Gasteiger partial charge < -0.3 is 0 Å². The smallest absolute Gasteiger partial charge is 0.297 e. The first-order valence-corrected chi connectivity index (χ1v) is 9.71. The van der Waals surface area contributed by atoms with Crippen molar-refractivity contribution in [2.75, 3.05) is 14.1 Å². The molecule has 1 saturated heterocycles. The second kappa shape index (κ2) is 7.18. The van der Waals surface area contributed by atoms with E-state index in [9.17, 15) is 14.4 Å². The molecule has 2 aromatic carbocycles. The van der Waals surface area contributed by atoms with Crippen molar-refractivity contribution in [3.63, 3.8) is 0 Å². The number of hydrogen-bond acceptors (Lipinski definition) is 5. The van der Waals surface area contributed by atoms with E-state index in [1.807, 2.05) is 0 Å². The van der Waals surface area contributed by atoms with Gasteiger partial charge in [-0.1, -0.05) is 35.9 Å². The summed E-state index contributed by atoms with van der Waals surface area (Å²) in [5, 5.41) is 0.567. The quantitative estimate of drug-likeness (QED) is 0.709. The summed E-state index contributed by atoms with van der Waals surface area (Å²) < 4.78 is 0. The summed E-state index contributed by atoms with van der Waals surface area (Å²) in [6.07, 6.45) is 0.278. The van der Waals surface area contributed by atoms with E-state index in [-0.39, 0.29) is 17.9 Å². The maximum Gasteiger partial charge on any atom is 0.328 e. The third-order valence-electron chi connectivity index (χ3n) is 5.41. The van der Waals surface area contributed by atoms with E-state index in [0.29, 0.717) is 22.0 Å². The van der Waals surface area contributed by atoms with Crippen LogP contribution in [-0.2, 0) is 11.2 Å². The molecule has 0 aromatic heterocycles. The zero-order valence-corrected chi connectivity index (χ0v) is 17.5. The lowest BCUT2D eigenvalue weighted by Crippen LogP contribution is -2.66. The van der Waals surface area contributed by atoms with Crippen LogP contribution in [0.4, 0.5) is 4.79 Å².